The lowest BCUT2D eigenvalue weighted by molar-refractivity contribution is 0.307. The van der Waals surface area contributed by atoms with Gasteiger partial charge in [-0.05, 0) is 24.6 Å². The normalized spacial score (nSPS) is 10.3. The van der Waals surface area contributed by atoms with Crippen LogP contribution >= 0.6 is 11.6 Å². The molecule has 0 radical (unpaired) electrons. The van der Waals surface area contributed by atoms with Crippen LogP contribution in [-0.2, 0) is 0 Å². The Morgan fingerprint density at radius 2 is 2.04 bits per heavy atom. The number of halogens is 1. The van der Waals surface area contributed by atoms with E-state index >= 15 is 0 Å². The van der Waals surface area contributed by atoms with Crippen LogP contribution in [0.25, 0.3) is 11.3 Å². The molecule has 7 heteroatoms. The van der Waals surface area contributed by atoms with Crippen molar-refractivity contribution in [1.29, 1.82) is 5.26 Å². The van der Waals surface area contributed by atoms with E-state index in [4.69, 9.17) is 27.8 Å². The van der Waals surface area contributed by atoms with Crippen LogP contribution in [0.1, 0.15) is 31.7 Å². The van der Waals surface area contributed by atoms with Crippen LogP contribution in [0.15, 0.2) is 18.2 Å². The number of unbranched alkanes of at least 4 members (excludes halogenated alkanes) is 2. The summed E-state index contributed by atoms with van der Waals surface area (Å²) in [6.07, 6.45) is 3.13. The lowest BCUT2D eigenvalue weighted by Gasteiger charge is -2.13. The first-order chi connectivity index (χ1) is 11.1. The molecule has 0 aliphatic carbocycles. The monoisotopic (exact) mass is 331 g/mol. The van der Waals surface area contributed by atoms with E-state index in [0.717, 1.165) is 19.3 Å². The van der Waals surface area contributed by atoms with Crippen LogP contribution in [0.4, 0.5) is 11.8 Å². The van der Waals surface area contributed by atoms with Crippen molar-refractivity contribution in [2.45, 2.75) is 26.2 Å². The Balaban J connectivity index is 2.46. The summed E-state index contributed by atoms with van der Waals surface area (Å²) < 4.78 is 5.82. The summed E-state index contributed by atoms with van der Waals surface area (Å²) in [5, 5.41) is 9.83. The Labute approximate surface area is 140 Å². The molecule has 0 aliphatic rings. The Bertz CT molecular complexity index is 742. The summed E-state index contributed by atoms with van der Waals surface area (Å²) in [4.78, 5) is 7.96. The molecule has 0 spiro atoms. The molecule has 1 heterocycles. The zero-order valence-corrected chi connectivity index (χ0v) is 13.6. The molecule has 1 aromatic carbocycles. The van der Waals surface area contributed by atoms with Gasteiger partial charge in [0.2, 0.25) is 5.95 Å². The summed E-state index contributed by atoms with van der Waals surface area (Å²) in [7, 11) is 0. The van der Waals surface area contributed by atoms with Crippen molar-refractivity contribution < 1.29 is 4.74 Å². The maximum absolute atomic E-state index is 9.33. The molecule has 6 nitrogen and oxygen atoms in total. The van der Waals surface area contributed by atoms with Gasteiger partial charge in [0, 0.05) is 10.6 Å². The van der Waals surface area contributed by atoms with Gasteiger partial charge in [0.25, 0.3) is 0 Å². The van der Waals surface area contributed by atoms with E-state index in [0.29, 0.717) is 28.6 Å². The van der Waals surface area contributed by atoms with Crippen molar-refractivity contribution in [3.05, 3.63) is 28.8 Å². The topological polar surface area (TPSA) is 111 Å². The highest BCUT2D eigenvalue weighted by Crippen LogP contribution is 2.35. The van der Waals surface area contributed by atoms with Gasteiger partial charge in [0.1, 0.15) is 23.2 Å². The molecule has 0 aliphatic heterocycles. The summed E-state index contributed by atoms with van der Waals surface area (Å²) in [5.74, 6) is 0.611. The Kier molecular flexibility index (Phi) is 5.61. The van der Waals surface area contributed by atoms with Crippen molar-refractivity contribution in [1.82, 2.24) is 9.97 Å². The van der Waals surface area contributed by atoms with Gasteiger partial charge in [-0.1, -0.05) is 31.4 Å². The molecule has 2 rings (SSSR count). The second kappa shape index (κ2) is 7.65. The van der Waals surface area contributed by atoms with Gasteiger partial charge in [0.05, 0.1) is 12.3 Å². The van der Waals surface area contributed by atoms with Crippen LogP contribution in [0.3, 0.4) is 0 Å². The first-order valence-corrected chi connectivity index (χ1v) is 7.70. The molecular weight excluding hydrogens is 314 g/mol. The minimum atomic E-state index is -0.00610. The number of rotatable bonds is 6. The highest BCUT2D eigenvalue weighted by Gasteiger charge is 2.17. The van der Waals surface area contributed by atoms with E-state index in [9.17, 15) is 5.26 Å². The Hall–Kier alpha value is -2.52. The number of nitrogens with two attached hydrogens (primary N) is 2. The van der Waals surface area contributed by atoms with Gasteiger partial charge < -0.3 is 16.2 Å². The molecule has 0 saturated heterocycles. The summed E-state index contributed by atoms with van der Waals surface area (Å²) in [6.45, 7) is 2.69. The summed E-state index contributed by atoms with van der Waals surface area (Å²) in [6, 6.07) is 7.16. The predicted octanol–water partition coefficient (Wildman–Crippen LogP) is 3.40. The van der Waals surface area contributed by atoms with E-state index in [1.54, 1.807) is 18.2 Å². The average molecular weight is 332 g/mol. The minimum Gasteiger partial charge on any atom is -0.493 e. The molecule has 0 unspecified atom stereocenters. The van der Waals surface area contributed by atoms with E-state index in [2.05, 4.69) is 16.9 Å². The highest BCUT2D eigenvalue weighted by molar-refractivity contribution is 6.31. The number of ether oxygens (including phenoxy) is 1. The number of nitrogens with zero attached hydrogens (tertiary/aromatic N) is 3. The van der Waals surface area contributed by atoms with Gasteiger partial charge in [-0.15, -0.1) is 0 Å². The Morgan fingerprint density at radius 1 is 1.26 bits per heavy atom. The van der Waals surface area contributed by atoms with E-state index in [1.807, 2.05) is 6.07 Å². The highest BCUT2D eigenvalue weighted by atomic mass is 35.5. The molecule has 0 saturated carbocycles. The molecular formula is C16H18ClN5O. The number of nitrogen functional groups attached to an aromatic ring is 2. The first kappa shape index (κ1) is 16.8. The third-order valence-corrected chi connectivity index (χ3v) is 3.50. The number of benzene rings is 1. The number of hydrogen-bond donors (Lipinski definition) is 2. The number of nitriles is 1. The van der Waals surface area contributed by atoms with Crippen molar-refractivity contribution in [2.75, 3.05) is 18.1 Å². The van der Waals surface area contributed by atoms with Crippen molar-refractivity contribution in [3.63, 3.8) is 0 Å². The van der Waals surface area contributed by atoms with Crippen molar-refractivity contribution in [2.24, 2.45) is 0 Å². The van der Waals surface area contributed by atoms with Crippen molar-refractivity contribution in [3.8, 4) is 23.1 Å². The van der Waals surface area contributed by atoms with E-state index < -0.39 is 0 Å². The second-order valence-electron chi connectivity index (χ2n) is 5.00. The number of anilines is 2. The molecule has 0 fully saturated rings. The number of hydrogen-bond acceptors (Lipinski definition) is 6. The summed E-state index contributed by atoms with van der Waals surface area (Å²) in [5.41, 5.74) is 12.5. The molecule has 23 heavy (non-hydrogen) atoms. The largest absolute Gasteiger partial charge is 0.493 e. The Morgan fingerprint density at radius 3 is 2.74 bits per heavy atom. The third kappa shape index (κ3) is 4.02. The molecule has 2 aromatic rings. The van der Waals surface area contributed by atoms with Crippen molar-refractivity contribution >= 4 is 23.4 Å². The van der Waals surface area contributed by atoms with Crippen LogP contribution in [0, 0.1) is 11.3 Å². The minimum absolute atomic E-state index is 0.00610. The van der Waals surface area contributed by atoms with Crippen LogP contribution in [0.5, 0.6) is 5.75 Å². The summed E-state index contributed by atoms with van der Waals surface area (Å²) >= 11 is 6.08. The standard InChI is InChI=1S/C16H18ClN5O/c1-2-3-4-7-23-13-6-5-10(17)8-11(13)14-12(9-18)15(19)22-16(20)21-14/h5-6,8H,2-4,7H2,1H3,(H4,19,20,21,22). The average Bonchev–Trinajstić information content (AvgIpc) is 2.52. The van der Waals surface area contributed by atoms with E-state index in [1.165, 1.54) is 0 Å². The fourth-order valence-electron chi connectivity index (χ4n) is 2.15. The van der Waals surface area contributed by atoms with Gasteiger partial charge in [-0.2, -0.15) is 10.2 Å². The van der Waals surface area contributed by atoms with Gasteiger partial charge in [-0.3, -0.25) is 0 Å². The predicted molar refractivity (Wildman–Crippen MR) is 91.0 cm³/mol. The van der Waals surface area contributed by atoms with Crippen LogP contribution in [0.2, 0.25) is 5.02 Å². The fourth-order valence-corrected chi connectivity index (χ4v) is 2.32. The molecule has 120 valence electrons. The maximum atomic E-state index is 9.33. The SMILES string of the molecule is CCCCCOc1ccc(Cl)cc1-c1nc(N)nc(N)c1C#N. The zero-order valence-electron chi connectivity index (χ0n) is 12.8. The quantitative estimate of drug-likeness (QED) is 0.785. The van der Waals surface area contributed by atoms with Gasteiger partial charge in [0.15, 0.2) is 0 Å². The third-order valence-electron chi connectivity index (χ3n) is 3.27. The number of aromatic nitrogens is 2. The lowest BCUT2D eigenvalue weighted by atomic mass is 10.1. The molecule has 4 N–H and O–H groups in total. The lowest BCUT2D eigenvalue weighted by Crippen LogP contribution is -2.06. The molecule has 1 aromatic heterocycles. The molecule has 0 bridgehead atoms. The molecule has 0 atom stereocenters. The maximum Gasteiger partial charge on any atom is 0.222 e. The first-order valence-electron chi connectivity index (χ1n) is 7.32. The smallest absolute Gasteiger partial charge is 0.222 e. The van der Waals surface area contributed by atoms with E-state index in [-0.39, 0.29) is 17.3 Å². The van der Waals surface area contributed by atoms with Gasteiger partial charge >= 0.3 is 0 Å². The van der Waals surface area contributed by atoms with Crippen LogP contribution < -0.4 is 16.2 Å². The van der Waals surface area contributed by atoms with Crippen LogP contribution in [-0.4, -0.2) is 16.6 Å². The second-order valence-corrected chi connectivity index (χ2v) is 5.43. The fraction of sp³-hybridized carbons (Fsp3) is 0.312. The molecule has 0 amide bonds. The zero-order chi connectivity index (χ0) is 16.8. The van der Waals surface area contributed by atoms with Gasteiger partial charge in [-0.25, -0.2) is 4.98 Å².